The maximum Gasteiger partial charge on any atom is 0.119 e. The molecular formula is C17H34O2. The summed E-state index contributed by atoms with van der Waals surface area (Å²) in [4.78, 5) is 10.1. The topological polar surface area (TPSA) is 37.3 Å². The van der Waals surface area contributed by atoms with Gasteiger partial charge in [-0.15, -0.1) is 0 Å². The van der Waals surface area contributed by atoms with E-state index in [-0.39, 0.29) is 0 Å². The molecule has 0 bridgehead atoms. The van der Waals surface area contributed by atoms with E-state index in [9.17, 15) is 4.79 Å². The number of hydrogen-bond donors (Lipinski definition) is 1. The van der Waals surface area contributed by atoms with Gasteiger partial charge < -0.3 is 9.90 Å². The number of aldehydes is 1. The molecule has 1 N–H and O–H groups in total. The standard InChI is InChI=1S/C17H34O2/c18-16-14-12-10-8-6-4-2-1-3-5-7-9-11-13-15-17-19/h16,19H,1-15,17H2. The number of unbranched alkanes of at least 4 members (excludes halogenated alkanes) is 14. The number of rotatable bonds is 16. The van der Waals surface area contributed by atoms with Crippen LogP contribution < -0.4 is 0 Å². The zero-order valence-electron chi connectivity index (χ0n) is 12.7. The highest BCUT2D eigenvalue weighted by Gasteiger charge is 1.94. The van der Waals surface area contributed by atoms with E-state index in [1.807, 2.05) is 0 Å². The van der Waals surface area contributed by atoms with Crippen LogP contribution in [-0.4, -0.2) is 18.0 Å². The Hall–Kier alpha value is -0.370. The predicted octanol–water partition coefficient (Wildman–Crippen LogP) is 5.03. The van der Waals surface area contributed by atoms with Crippen molar-refractivity contribution < 1.29 is 9.90 Å². The van der Waals surface area contributed by atoms with Gasteiger partial charge >= 0.3 is 0 Å². The number of hydrogen-bond acceptors (Lipinski definition) is 2. The van der Waals surface area contributed by atoms with Crippen molar-refractivity contribution in [3.63, 3.8) is 0 Å². The fourth-order valence-corrected chi connectivity index (χ4v) is 2.46. The third-order valence-electron chi connectivity index (χ3n) is 3.73. The summed E-state index contributed by atoms with van der Waals surface area (Å²) >= 11 is 0. The number of aliphatic hydroxyl groups is 1. The van der Waals surface area contributed by atoms with Crippen LogP contribution in [0.2, 0.25) is 0 Å². The number of aliphatic hydroxyl groups excluding tert-OH is 1. The average Bonchev–Trinajstić information content (AvgIpc) is 2.43. The molecule has 0 aromatic heterocycles. The van der Waals surface area contributed by atoms with Crippen LogP contribution in [0.5, 0.6) is 0 Å². The van der Waals surface area contributed by atoms with Crippen LogP contribution in [-0.2, 0) is 4.79 Å². The summed E-state index contributed by atoms with van der Waals surface area (Å²) in [6.45, 7) is 0.356. The van der Waals surface area contributed by atoms with Crippen molar-refractivity contribution >= 4 is 6.29 Å². The largest absolute Gasteiger partial charge is 0.396 e. The van der Waals surface area contributed by atoms with Crippen LogP contribution in [0.3, 0.4) is 0 Å². The summed E-state index contributed by atoms with van der Waals surface area (Å²) in [7, 11) is 0. The third-order valence-corrected chi connectivity index (χ3v) is 3.73. The second-order valence-electron chi connectivity index (χ2n) is 5.63. The zero-order chi connectivity index (χ0) is 14.0. The lowest BCUT2D eigenvalue weighted by Crippen LogP contribution is -1.85. The van der Waals surface area contributed by atoms with Crippen molar-refractivity contribution in [3.05, 3.63) is 0 Å². The molecule has 0 saturated heterocycles. The number of carbonyl (C=O) groups is 1. The normalized spacial score (nSPS) is 10.8. The van der Waals surface area contributed by atoms with E-state index >= 15 is 0 Å². The van der Waals surface area contributed by atoms with E-state index in [0.29, 0.717) is 6.61 Å². The van der Waals surface area contributed by atoms with Gasteiger partial charge in [0.1, 0.15) is 6.29 Å². The maximum absolute atomic E-state index is 10.1. The molecule has 0 spiro atoms. The van der Waals surface area contributed by atoms with Gasteiger partial charge in [0.05, 0.1) is 0 Å². The average molecular weight is 270 g/mol. The first-order valence-electron chi connectivity index (χ1n) is 8.46. The third kappa shape index (κ3) is 17.6. The Kier molecular flexibility index (Phi) is 17.3. The Balaban J connectivity index is 2.89. The Morgan fingerprint density at radius 2 is 0.842 bits per heavy atom. The quantitative estimate of drug-likeness (QED) is 0.315. The van der Waals surface area contributed by atoms with Crippen molar-refractivity contribution in [3.8, 4) is 0 Å². The highest BCUT2D eigenvalue weighted by molar-refractivity contribution is 5.48. The summed E-state index contributed by atoms with van der Waals surface area (Å²) in [5, 5.41) is 8.65. The first kappa shape index (κ1) is 18.6. The molecule has 0 aliphatic carbocycles. The second kappa shape index (κ2) is 17.6. The lowest BCUT2D eigenvalue weighted by molar-refractivity contribution is -0.107. The van der Waals surface area contributed by atoms with Crippen molar-refractivity contribution in [2.45, 2.75) is 96.3 Å². The molecule has 0 fully saturated rings. The van der Waals surface area contributed by atoms with Gasteiger partial charge in [-0.25, -0.2) is 0 Å². The molecule has 0 aliphatic rings. The molecule has 0 radical (unpaired) electrons. The van der Waals surface area contributed by atoms with E-state index in [0.717, 1.165) is 25.5 Å². The Morgan fingerprint density at radius 3 is 1.16 bits per heavy atom. The van der Waals surface area contributed by atoms with E-state index in [1.165, 1.54) is 77.0 Å². The van der Waals surface area contributed by atoms with Gasteiger partial charge in [-0.3, -0.25) is 0 Å². The molecule has 0 aliphatic heterocycles. The predicted molar refractivity (Wildman–Crippen MR) is 82.4 cm³/mol. The minimum atomic E-state index is 0.356. The molecular weight excluding hydrogens is 236 g/mol. The maximum atomic E-state index is 10.1. The van der Waals surface area contributed by atoms with Crippen molar-refractivity contribution in [2.75, 3.05) is 6.61 Å². The van der Waals surface area contributed by atoms with E-state index in [2.05, 4.69) is 0 Å². The second-order valence-corrected chi connectivity index (χ2v) is 5.63. The molecule has 0 aromatic carbocycles. The molecule has 2 nitrogen and oxygen atoms in total. The Morgan fingerprint density at radius 1 is 0.526 bits per heavy atom. The molecule has 0 amide bonds. The fraction of sp³-hybridized carbons (Fsp3) is 0.941. The smallest absolute Gasteiger partial charge is 0.119 e. The molecule has 114 valence electrons. The Labute approximate surface area is 120 Å². The van der Waals surface area contributed by atoms with Crippen LogP contribution in [0, 0.1) is 0 Å². The highest BCUT2D eigenvalue weighted by Crippen LogP contribution is 2.13. The van der Waals surface area contributed by atoms with Gasteiger partial charge in [0.2, 0.25) is 0 Å². The van der Waals surface area contributed by atoms with E-state index in [1.54, 1.807) is 0 Å². The lowest BCUT2D eigenvalue weighted by Gasteiger charge is -2.02. The number of carbonyl (C=O) groups excluding carboxylic acids is 1. The summed E-state index contributed by atoms with van der Waals surface area (Å²) < 4.78 is 0. The molecule has 0 saturated carbocycles. The minimum absolute atomic E-state index is 0.356. The molecule has 0 heterocycles. The van der Waals surface area contributed by atoms with Gasteiger partial charge in [0, 0.05) is 13.0 Å². The lowest BCUT2D eigenvalue weighted by atomic mass is 10.0. The van der Waals surface area contributed by atoms with Crippen LogP contribution in [0.4, 0.5) is 0 Å². The monoisotopic (exact) mass is 270 g/mol. The molecule has 0 unspecified atom stereocenters. The fourth-order valence-electron chi connectivity index (χ4n) is 2.46. The first-order chi connectivity index (χ1) is 9.41. The molecule has 19 heavy (non-hydrogen) atoms. The van der Waals surface area contributed by atoms with Crippen molar-refractivity contribution in [2.24, 2.45) is 0 Å². The van der Waals surface area contributed by atoms with Gasteiger partial charge in [-0.1, -0.05) is 77.0 Å². The zero-order valence-corrected chi connectivity index (χ0v) is 12.7. The van der Waals surface area contributed by atoms with Crippen LogP contribution in [0.1, 0.15) is 96.3 Å². The molecule has 2 heteroatoms. The minimum Gasteiger partial charge on any atom is -0.396 e. The van der Waals surface area contributed by atoms with Gasteiger partial charge in [-0.2, -0.15) is 0 Å². The van der Waals surface area contributed by atoms with Crippen molar-refractivity contribution in [1.29, 1.82) is 0 Å². The van der Waals surface area contributed by atoms with Gasteiger partial charge in [0.15, 0.2) is 0 Å². The molecule has 0 atom stereocenters. The van der Waals surface area contributed by atoms with Gasteiger partial charge in [0.25, 0.3) is 0 Å². The van der Waals surface area contributed by atoms with Crippen LogP contribution >= 0.6 is 0 Å². The summed E-state index contributed by atoms with van der Waals surface area (Å²) in [6, 6.07) is 0. The van der Waals surface area contributed by atoms with E-state index < -0.39 is 0 Å². The van der Waals surface area contributed by atoms with Crippen molar-refractivity contribution in [1.82, 2.24) is 0 Å². The van der Waals surface area contributed by atoms with Crippen LogP contribution in [0.25, 0.3) is 0 Å². The van der Waals surface area contributed by atoms with E-state index in [4.69, 9.17) is 5.11 Å². The van der Waals surface area contributed by atoms with Crippen LogP contribution in [0.15, 0.2) is 0 Å². The summed E-state index contributed by atoms with van der Waals surface area (Å²) in [5.74, 6) is 0. The first-order valence-corrected chi connectivity index (χ1v) is 8.46. The molecule has 0 aromatic rings. The van der Waals surface area contributed by atoms with Gasteiger partial charge in [-0.05, 0) is 12.8 Å². The Bertz CT molecular complexity index is 169. The highest BCUT2D eigenvalue weighted by atomic mass is 16.2. The molecule has 0 rings (SSSR count). The summed E-state index contributed by atoms with van der Waals surface area (Å²) in [5.41, 5.74) is 0. The summed E-state index contributed by atoms with van der Waals surface area (Å²) in [6.07, 6.45) is 19.9. The SMILES string of the molecule is O=CCCCCCCCCCCCCCCCCO.